The summed E-state index contributed by atoms with van der Waals surface area (Å²) >= 11 is 11.9. The molecule has 2 nitrogen and oxygen atoms in total. The van der Waals surface area contributed by atoms with E-state index in [4.69, 9.17) is 23.2 Å². The molecule has 2 aromatic heterocycles. The van der Waals surface area contributed by atoms with Gasteiger partial charge in [0.25, 0.3) is 0 Å². The molecule has 0 aliphatic carbocycles. The fraction of sp³-hybridized carbons (Fsp3) is 0. The Morgan fingerprint density at radius 1 is 1.00 bits per heavy atom. The highest BCUT2D eigenvalue weighted by atomic mass is 35.5. The molecule has 0 aliphatic rings. The Kier molecular flexibility index (Phi) is 2.54. The van der Waals surface area contributed by atoms with Crippen LogP contribution in [0.25, 0.3) is 22.2 Å². The van der Waals surface area contributed by atoms with E-state index in [0.717, 1.165) is 22.2 Å². The zero-order chi connectivity index (χ0) is 11.8. The van der Waals surface area contributed by atoms with E-state index in [1.165, 1.54) is 0 Å². The van der Waals surface area contributed by atoms with Crippen molar-refractivity contribution in [2.24, 2.45) is 0 Å². The number of rotatable bonds is 1. The highest BCUT2D eigenvalue weighted by molar-refractivity contribution is 6.42. The molecule has 0 amide bonds. The molecule has 3 rings (SSSR count). The summed E-state index contributed by atoms with van der Waals surface area (Å²) in [5.41, 5.74) is 3.00. The van der Waals surface area contributed by atoms with Crippen LogP contribution in [0, 0.1) is 0 Å². The van der Waals surface area contributed by atoms with Crippen molar-refractivity contribution in [1.82, 2.24) is 9.97 Å². The van der Waals surface area contributed by atoms with Crippen LogP contribution < -0.4 is 0 Å². The number of hydrogen-bond donors (Lipinski definition) is 1. The second-order valence-corrected chi connectivity index (χ2v) is 4.54. The molecule has 2 heterocycles. The lowest BCUT2D eigenvalue weighted by molar-refractivity contribution is 1.33. The van der Waals surface area contributed by atoms with Crippen LogP contribution in [-0.2, 0) is 0 Å². The second-order valence-electron chi connectivity index (χ2n) is 3.73. The zero-order valence-corrected chi connectivity index (χ0v) is 10.3. The van der Waals surface area contributed by atoms with Gasteiger partial charge < -0.3 is 4.98 Å². The number of pyridine rings is 1. The quantitative estimate of drug-likeness (QED) is 0.686. The number of halogens is 2. The Hall–Kier alpha value is -1.51. The third-order valence-electron chi connectivity index (χ3n) is 2.69. The molecule has 1 aromatic carbocycles. The summed E-state index contributed by atoms with van der Waals surface area (Å²) < 4.78 is 0. The van der Waals surface area contributed by atoms with Crippen molar-refractivity contribution in [3.05, 3.63) is 52.8 Å². The van der Waals surface area contributed by atoms with Crippen LogP contribution in [0.2, 0.25) is 10.0 Å². The van der Waals surface area contributed by atoms with Gasteiger partial charge in [-0.15, -0.1) is 0 Å². The molecule has 0 spiro atoms. The molecule has 0 unspecified atom stereocenters. The van der Waals surface area contributed by atoms with Crippen molar-refractivity contribution in [2.75, 3.05) is 0 Å². The first-order chi connectivity index (χ1) is 8.25. The van der Waals surface area contributed by atoms with Gasteiger partial charge >= 0.3 is 0 Å². The fourth-order valence-electron chi connectivity index (χ4n) is 1.88. The number of aromatic amines is 1. The van der Waals surface area contributed by atoms with Crippen LogP contribution in [0.5, 0.6) is 0 Å². The van der Waals surface area contributed by atoms with E-state index in [1.54, 1.807) is 12.3 Å². The summed E-state index contributed by atoms with van der Waals surface area (Å²) in [6.07, 6.45) is 3.65. The van der Waals surface area contributed by atoms with Gasteiger partial charge in [0.2, 0.25) is 0 Å². The van der Waals surface area contributed by atoms with Crippen LogP contribution >= 0.6 is 23.2 Å². The lowest BCUT2D eigenvalue weighted by atomic mass is 10.0. The normalized spacial score (nSPS) is 10.9. The summed E-state index contributed by atoms with van der Waals surface area (Å²) in [4.78, 5) is 7.34. The standard InChI is InChI=1S/C13H8Cl2N2/c14-11-2-1-8(7-12(11)15)9-3-5-16-13-10(9)4-6-17-13/h1-7H,(H,16,17). The molecule has 1 N–H and O–H groups in total. The number of nitrogens with zero attached hydrogens (tertiary/aromatic N) is 1. The highest BCUT2D eigenvalue weighted by Crippen LogP contribution is 2.31. The Balaban J connectivity index is 2.26. The second kappa shape index (κ2) is 4.06. The van der Waals surface area contributed by atoms with E-state index >= 15 is 0 Å². The summed E-state index contributed by atoms with van der Waals surface area (Å²) in [6, 6.07) is 9.59. The first-order valence-electron chi connectivity index (χ1n) is 5.13. The molecule has 0 radical (unpaired) electrons. The van der Waals surface area contributed by atoms with Crippen LogP contribution in [0.4, 0.5) is 0 Å². The number of H-pyrrole nitrogens is 1. The van der Waals surface area contributed by atoms with Crippen molar-refractivity contribution >= 4 is 34.2 Å². The van der Waals surface area contributed by atoms with E-state index in [-0.39, 0.29) is 0 Å². The molecular weight excluding hydrogens is 255 g/mol. The monoisotopic (exact) mass is 262 g/mol. The Bertz CT molecular complexity index is 689. The van der Waals surface area contributed by atoms with E-state index in [2.05, 4.69) is 9.97 Å². The maximum atomic E-state index is 6.03. The molecule has 0 saturated heterocycles. The van der Waals surface area contributed by atoms with Crippen molar-refractivity contribution in [3.63, 3.8) is 0 Å². The van der Waals surface area contributed by atoms with Gasteiger partial charge in [0.1, 0.15) is 5.65 Å². The minimum atomic E-state index is 0.560. The molecule has 0 fully saturated rings. The average Bonchev–Trinajstić information content (AvgIpc) is 2.80. The average molecular weight is 263 g/mol. The van der Waals surface area contributed by atoms with Crippen LogP contribution in [-0.4, -0.2) is 9.97 Å². The number of aromatic nitrogens is 2. The third-order valence-corrected chi connectivity index (χ3v) is 3.43. The van der Waals surface area contributed by atoms with Crippen LogP contribution in [0.3, 0.4) is 0 Å². The van der Waals surface area contributed by atoms with Crippen molar-refractivity contribution < 1.29 is 0 Å². The summed E-state index contributed by atoms with van der Waals surface area (Å²) in [7, 11) is 0. The summed E-state index contributed by atoms with van der Waals surface area (Å²) in [5, 5.41) is 2.20. The minimum Gasteiger partial charge on any atom is -0.346 e. The van der Waals surface area contributed by atoms with Gasteiger partial charge in [-0.2, -0.15) is 0 Å². The van der Waals surface area contributed by atoms with Gasteiger partial charge in [0.05, 0.1) is 10.0 Å². The molecule has 0 saturated carbocycles. The Morgan fingerprint density at radius 2 is 1.88 bits per heavy atom. The number of hydrogen-bond acceptors (Lipinski definition) is 1. The third kappa shape index (κ3) is 1.79. The molecule has 3 aromatic rings. The van der Waals surface area contributed by atoms with Gasteiger partial charge in [-0.3, -0.25) is 0 Å². The van der Waals surface area contributed by atoms with Gasteiger partial charge in [0, 0.05) is 17.8 Å². The molecule has 4 heteroatoms. The first-order valence-corrected chi connectivity index (χ1v) is 5.89. The van der Waals surface area contributed by atoms with E-state index in [0.29, 0.717) is 10.0 Å². The molecule has 0 aliphatic heterocycles. The molecule has 17 heavy (non-hydrogen) atoms. The number of benzene rings is 1. The van der Waals surface area contributed by atoms with E-state index < -0.39 is 0 Å². The topological polar surface area (TPSA) is 28.7 Å². The fourth-order valence-corrected chi connectivity index (χ4v) is 2.17. The largest absolute Gasteiger partial charge is 0.346 e. The lowest BCUT2D eigenvalue weighted by Crippen LogP contribution is -1.82. The van der Waals surface area contributed by atoms with Crippen molar-refractivity contribution in [3.8, 4) is 11.1 Å². The Morgan fingerprint density at radius 3 is 2.71 bits per heavy atom. The maximum Gasteiger partial charge on any atom is 0.137 e. The SMILES string of the molecule is Clc1ccc(-c2ccnc3[nH]ccc23)cc1Cl. The predicted octanol–water partition coefficient (Wildman–Crippen LogP) is 4.54. The van der Waals surface area contributed by atoms with Crippen LogP contribution in [0.1, 0.15) is 0 Å². The minimum absolute atomic E-state index is 0.560. The Labute approximate surface area is 108 Å². The smallest absolute Gasteiger partial charge is 0.137 e. The number of nitrogens with one attached hydrogen (secondary N) is 1. The van der Waals surface area contributed by atoms with Crippen molar-refractivity contribution in [2.45, 2.75) is 0 Å². The number of fused-ring (bicyclic) bond motifs is 1. The first kappa shape index (κ1) is 10.6. The van der Waals surface area contributed by atoms with Gasteiger partial charge in [-0.05, 0) is 35.4 Å². The van der Waals surface area contributed by atoms with Gasteiger partial charge in [-0.25, -0.2) is 4.98 Å². The molecule has 0 bridgehead atoms. The zero-order valence-electron chi connectivity index (χ0n) is 8.74. The summed E-state index contributed by atoms with van der Waals surface area (Å²) in [5.74, 6) is 0. The van der Waals surface area contributed by atoms with Gasteiger partial charge in [-0.1, -0.05) is 29.3 Å². The van der Waals surface area contributed by atoms with Crippen molar-refractivity contribution in [1.29, 1.82) is 0 Å². The lowest BCUT2D eigenvalue weighted by Gasteiger charge is -2.04. The molecular formula is C13H8Cl2N2. The predicted molar refractivity (Wildman–Crippen MR) is 71.5 cm³/mol. The molecule has 0 atom stereocenters. The van der Waals surface area contributed by atoms with Crippen LogP contribution in [0.15, 0.2) is 42.7 Å². The van der Waals surface area contributed by atoms with Gasteiger partial charge in [0.15, 0.2) is 0 Å². The molecule has 84 valence electrons. The maximum absolute atomic E-state index is 6.03. The highest BCUT2D eigenvalue weighted by Gasteiger charge is 2.06. The van der Waals surface area contributed by atoms with E-state index in [1.807, 2.05) is 30.5 Å². The van der Waals surface area contributed by atoms with E-state index in [9.17, 15) is 0 Å². The summed E-state index contributed by atoms with van der Waals surface area (Å²) in [6.45, 7) is 0.